The summed E-state index contributed by atoms with van der Waals surface area (Å²) in [6.07, 6.45) is 0.658. The van der Waals surface area contributed by atoms with Crippen LogP contribution in [0.15, 0.2) is 45.8 Å². The molecule has 0 fully saturated rings. The van der Waals surface area contributed by atoms with Crippen molar-refractivity contribution in [2.24, 2.45) is 0 Å². The minimum atomic E-state index is -0.622. The number of carbonyl (C=O) groups is 1. The van der Waals surface area contributed by atoms with Crippen LogP contribution in [0.4, 0.5) is 4.79 Å². The molecule has 1 aromatic heterocycles. The second kappa shape index (κ2) is 7.51. The molecule has 0 bridgehead atoms. The Labute approximate surface area is 160 Å². The van der Waals surface area contributed by atoms with Crippen molar-refractivity contribution in [3.63, 3.8) is 0 Å². The number of ether oxygens (including phenoxy) is 3. The molecule has 0 aliphatic rings. The summed E-state index contributed by atoms with van der Waals surface area (Å²) < 4.78 is 21.1. The Kier molecular flexibility index (Phi) is 5.12. The smallest absolute Gasteiger partial charge is 0.414 e. The largest absolute Gasteiger partial charge is 0.507 e. The average molecular weight is 385 g/mol. The summed E-state index contributed by atoms with van der Waals surface area (Å²) in [6.45, 7) is 0. The molecule has 3 aromatic rings. The Morgan fingerprint density at radius 1 is 1.07 bits per heavy atom. The number of aromatic hydroxyl groups is 1. The van der Waals surface area contributed by atoms with Gasteiger partial charge in [-0.15, -0.1) is 0 Å². The fourth-order valence-electron chi connectivity index (χ4n) is 2.66. The standard InChI is InChI=1S/C20H19NO7/c1-21(2)20(24)28-12-8-14(22)18-17(9-12)27-10-13(19(18)23)11-5-6-15(25-3)16(7-11)26-4/h5-10,22H,1-4H3. The second-order valence-electron chi connectivity index (χ2n) is 6.13. The molecule has 0 radical (unpaired) electrons. The zero-order valence-corrected chi connectivity index (χ0v) is 15.8. The van der Waals surface area contributed by atoms with Crippen LogP contribution in [0.1, 0.15) is 0 Å². The number of carbonyl (C=O) groups excluding carboxylic acids is 1. The molecule has 3 rings (SSSR count). The van der Waals surface area contributed by atoms with Gasteiger partial charge in [-0.25, -0.2) is 4.79 Å². The van der Waals surface area contributed by atoms with Gasteiger partial charge in [0.15, 0.2) is 11.5 Å². The lowest BCUT2D eigenvalue weighted by Gasteiger charge is -2.12. The third-order valence-corrected chi connectivity index (χ3v) is 4.10. The first-order valence-electron chi connectivity index (χ1n) is 8.25. The van der Waals surface area contributed by atoms with Gasteiger partial charge in [0.25, 0.3) is 0 Å². The van der Waals surface area contributed by atoms with Crippen LogP contribution >= 0.6 is 0 Å². The molecule has 1 N–H and O–H groups in total. The zero-order valence-electron chi connectivity index (χ0n) is 15.8. The lowest BCUT2D eigenvalue weighted by molar-refractivity contribution is 0.172. The molecule has 2 aromatic carbocycles. The van der Waals surface area contributed by atoms with Gasteiger partial charge < -0.3 is 28.6 Å². The van der Waals surface area contributed by atoms with Crippen LogP contribution in [0.5, 0.6) is 23.0 Å². The van der Waals surface area contributed by atoms with Crippen molar-refractivity contribution < 1.29 is 28.5 Å². The highest BCUT2D eigenvalue weighted by Crippen LogP contribution is 2.34. The summed E-state index contributed by atoms with van der Waals surface area (Å²) in [4.78, 5) is 25.9. The molecule has 0 aliphatic heterocycles. The van der Waals surface area contributed by atoms with Gasteiger partial charge in [0.05, 0.1) is 19.8 Å². The summed E-state index contributed by atoms with van der Waals surface area (Å²) in [5.74, 6) is 0.683. The van der Waals surface area contributed by atoms with E-state index in [9.17, 15) is 14.7 Å². The quantitative estimate of drug-likeness (QED) is 0.736. The Morgan fingerprint density at radius 2 is 1.79 bits per heavy atom. The molecule has 0 atom stereocenters. The van der Waals surface area contributed by atoms with Gasteiger partial charge in [-0.05, 0) is 17.7 Å². The maximum atomic E-state index is 12.9. The van der Waals surface area contributed by atoms with Crippen LogP contribution in [-0.2, 0) is 0 Å². The number of methoxy groups -OCH3 is 2. The van der Waals surface area contributed by atoms with Crippen LogP contribution in [0.2, 0.25) is 0 Å². The third kappa shape index (κ3) is 3.44. The predicted octanol–water partition coefficient (Wildman–Crippen LogP) is 3.24. The van der Waals surface area contributed by atoms with E-state index in [-0.39, 0.29) is 28.0 Å². The van der Waals surface area contributed by atoms with Crippen LogP contribution in [0.25, 0.3) is 22.1 Å². The van der Waals surface area contributed by atoms with E-state index < -0.39 is 11.5 Å². The van der Waals surface area contributed by atoms with Crippen LogP contribution in [0, 0.1) is 0 Å². The molecule has 28 heavy (non-hydrogen) atoms. The number of benzene rings is 2. The van der Waals surface area contributed by atoms with Crippen molar-refractivity contribution in [3.05, 3.63) is 46.8 Å². The Balaban J connectivity index is 2.10. The third-order valence-electron chi connectivity index (χ3n) is 4.10. The summed E-state index contributed by atoms with van der Waals surface area (Å²) in [5.41, 5.74) is 0.435. The minimum Gasteiger partial charge on any atom is -0.507 e. The Morgan fingerprint density at radius 3 is 2.43 bits per heavy atom. The first kappa shape index (κ1) is 19.1. The van der Waals surface area contributed by atoms with Gasteiger partial charge in [-0.2, -0.15) is 0 Å². The van der Waals surface area contributed by atoms with Crippen molar-refractivity contribution in [3.8, 4) is 34.1 Å². The molecule has 1 amide bonds. The monoisotopic (exact) mass is 385 g/mol. The molecule has 8 heteroatoms. The van der Waals surface area contributed by atoms with E-state index in [1.165, 1.54) is 51.6 Å². The van der Waals surface area contributed by atoms with Crippen molar-refractivity contribution in [2.75, 3.05) is 28.3 Å². The Bertz CT molecular complexity index is 1100. The molecule has 0 spiro atoms. The fraction of sp³-hybridized carbons (Fsp3) is 0.200. The minimum absolute atomic E-state index is 0.0167. The first-order valence-corrected chi connectivity index (χ1v) is 8.25. The summed E-state index contributed by atoms with van der Waals surface area (Å²) in [7, 11) is 6.06. The number of phenolic OH excluding ortho intramolecular Hbond substituents is 1. The summed E-state index contributed by atoms with van der Waals surface area (Å²) >= 11 is 0. The van der Waals surface area contributed by atoms with E-state index in [1.807, 2.05) is 0 Å². The topological polar surface area (TPSA) is 98.4 Å². The molecule has 0 unspecified atom stereocenters. The Hall–Kier alpha value is -3.68. The second-order valence-corrected chi connectivity index (χ2v) is 6.13. The van der Waals surface area contributed by atoms with Gasteiger partial charge in [0.1, 0.15) is 28.7 Å². The van der Waals surface area contributed by atoms with Gasteiger partial charge in [-0.3, -0.25) is 4.79 Å². The number of fused-ring (bicyclic) bond motifs is 1. The number of phenols is 1. The predicted molar refractivity (Wildman–Crippen MR) is 102 cm³/mol. The number of nitrogens with zero attached hydrogens (tertiary/aromatic N) is 1. The van der Waals surface area contributed by atoms with Crippen molar-refractivity contribution in [1.29, 1.82) is 0 Å². The van der Waals surface area contributed by atoms with Gasteiger partial charge in [-0.1, -0.05) is 6.07 Å². The van der Waals surface area contributed by atoms with Crippen LogP contribution in [0.3, 0.4) is 0 Å². The van der Waals surface area contributed by atoms with E-state index in [2.05, 4.69) is 0 Å². The lowest BCUT2D eigenvalue weighted by Crippen LogP contribution is -2.25. The number of amides is 1. The molecule has 0 saturated carbocycles. The van der Waals surface area contributed by atoms with E-state index in [1.54, 1.807) is 18.2 Å². The molecule has 8 nitrogen and oxygen atoms in total. The van der Waals surface area contributed by atoms with Gasteiger partial charge >= 0.3 is 6.09 Å². The number of rotatable bonds is 4. The number of hydrogen-bond acceptors (Lipinski definition) is 7. The SMILES string of the molecule is COc1ccc(-c2coc3cc(OC(=O)N(C)C)cc(O)c3c2=O)cc1OC. The van der Waals surface area contributed by atoms with Crippen molar-refractivity contribution in [1.82, 2.24) is 4.90 Å². The fourth-order valence-corrected chi connectivity index (χ4v) is 2.66. The van der Waals surface area contributed by atoms with Crippen molar-refractivity contribution in [2.45, 2.75) is 0 Å². The lowest BCUT2D eigenvalue weighted by atomic mass is 10.0. The van der Waals surface area contributed by atoms with E-state index in [0.29, 0.717) is 17.1 Å². The van der Waals surface area contributed by atoms with Crippen LogP contribution < -0.4 is 19.6 Å². The first-order chi connectivity index (χ1) is 13.3. The van der Waals surface area contributed by atoms with E-state index in [4.69, 9.17) is 18.6 Å². The zero-order chi connectivity index (χ0) is 20.4. The molecule has 146 valence electrons. The normalized spacial score (nSPS) is 10.6. The molecular formula is C20H19NO7. The van der Waals surface area contributed by atoms with Gasteiger partial charge in [0.2, 0.25) is 5.43 Å². The molecule has 0 aliphatic carbocycles. The van der Waals surface area contributed by atoms with Gasteiger partial charge in [0, 0.05) is 26.2 Å². The average Bonchev–Trinajstić information content (AvgIpc) is 2.67. The number of hydrogen-bond donors (Lipinski definition) is 1. The maximum absolute atomic E-state index is 12.9. The van der Waals surface area contributed by atoms with E-state index >= 15 is 0 Å². The maximum Gasteiger partial charge on any atom is 0.414 e. The molecular weight excluding hydrogens is 366 g/mol. The van der Waals surface area contributed by atoms with E-state index in [0.717, 1.165) is 0 Å². The highest BCUT2D eigenvalue weighted by Gasteiger charge is 2.17. The molecule has 0 saturated heterocycles. The highest BCUT2D eigenvalue weighted by molar-refractivity contribution is 5.88. The van der Waals surface area contributed by atoms with Crippen LogP contribution in [-0.4, -0.2) is 44.4 Å². The summed E-state index contributed by atoms with van der Waals surface area (Å²) in [5, 5.41) is 10.3. The summed E-state index contributed by atoms with van der Waals surface area (Å²) in [6, 6.07) is 7.56. The van der Waals surface area contributed by atoms with Crippen molar-refractivity contribution >= 4 is 17.1 Å². The molecule has 1 heterocycles. The highest BCUT2D eigenvalue weighted by atomic mass is 16.6.